The number of benzene rings is 2. The van der Waals surface area contributed by atoms with Crippen LogP contribution in [0.15, 0.2) is 60.5 Å². The van der Waals surface area contributed by atoms with Crippen LogP contribution in [0.1, 0.15) is 26.3 Å². The Balaban J connectivity index is 1.66. The van der Waals surface area contributed by atoms with E-state index in [0.717, 1.165) is 16.8 Å². The van der Waals surface area contributed by atoms with Crippen molar-refractivity contribution in [2.75, 3.05) is 0 Å². The van der Waals surface area contributed by atoms with Crippen LogP contribution in [0.3, 0.4) is 0 Å². The van der Waals surface area contributed by atoms with Crippen LogP contribution in [0, 0.1) is 0 Å². The highest BCUT2D eigenvalue weighted by atomic mass is 16.5. The smallest absolute Gasteiger partial charge is 0.252 e. The molecule has 3 N–H and O–H groups in total. The van der Waals surface area contributed by atoms with E-state index in [9.17, 15) is 9.59 Å². The Labute approximate surface area is 142 Å². The normalized spacial score (nSPS) is 14.4. The Kier molecular flexibility index (Phi) is 3.43. The van der Waals surface area contributed by atoms with E-state index < -0.39 is 5.91 Å². The van der Waals surface area contributed by atoms with Gasteiger partial charge in [0, 0.05) is 6.20 Å². The molecule has 6 nitrogen and oxygen atoms in total. The highest BCUT2D eigenvalue weighted by Crippen LogP contribution is 2.35. The number of hydrogen-bond acceptors (Lipinski definition) is 4. The first kappa shape index (κ1) is 14.9. The van der Waals surface area contributed by atoms with E-state index in [0.29, 0.717) is 5.56 Å². The molecule has 0 unspecified atom stereocenters. The Morgan fingerprint density at radius 3 is 2.60 bits per heavy atom. The van der Waals surface area contributed by atoms with Gasteiger partial charge in [-0.05, 0) is 35.4 Å². The summed E-state index contributed by atoms with van der Waals surface area (Å²) in [5, 5.41) is 6.81. The lowest BCUT2D eigenvalue weighted by Crippen LogP contribution is -2.11. The fourth-order valence-corrected chi connectivity index (χ4v) is 2.73. The van der Waals surface area contributed by atoms with E-state index >= 15 is 0 Å². The van der Waals surface area contributed by atoms with Crippen LogP contribution in [0.2, 0.25) is 0 Å². The van der Waals surface area contributed by atoms with Crippen LogP contribution in [0.25, 0.3) is 17.3 Å². The van der Waals surface area contributed by atoms with Gasteiger partial charge in [-0.3, -0.25) is 14.7 Å². The molecule has 3 aromatic rings. The number of para-hydroxylation sites is 1. The SMILES string of the molecule is NC(=O)c1cccc2c1O/C(=C\c1ccc(-c3ccn[nH]3)cc1)C2=O. The number of carbonyl (C=O) groups is 2. The minimum absolute atomic E-state index is 0.165. The lowest BCUT2D eigenvalue weighted by atomic mass is 10.0. The van der Waals surface area contributed by atoms with Crippen LogP contribution in [-0.2, 0) is 0 Å². The van der Waals surface area contributed by atoms with Crippen LogP contribution in [-0.4, -0.2) is 21.9 Å². The first-order valence-corrected chi connectivity index (χ1v) is 7.60. The molecule has 6 heteroatoms. The maximum absolute atomic E-state index is 12.5. The monoisotopic (exact) mass is 331 g/mol. The van der Waals surface area contributed by atoms with Crippen LogP contribution >= 0.6 is 0 Å². The van der Waals surface area contributed by atoms with E-state index in [-0.39, 0.29) is 22.9 Å². The number of rotatable bonds is 3. The summed E-state index contributed by atoms with van der Waals surface area (Å²) in [6.07, 6.45) is 3.33. The number of nitrogens with two attached hydrogens (primary N) is 1. The molecule has 1 aromatic heterocycles. The molecule has 122 valence electrons. The Bertz CT molecular complexity index is 1000. The number of hydrogen-bond donors (Lipinski definition) is 2. The quantitative estimate of drug-likeness (QED) is 0.721. The molecule has 2 heterocycles. The molecule has 4 rings (SSSR count). The van der Waals surface area contributed by atoms with Crippen molar-refractivity contribution in [3.63, 3.8) is 0 Å². The molecular weight excluding hydrogens is 318 g/mol. The third kappa shape index (κ3) is 2.59. The summed E-state index contributed by atoms with van der Waals surface area (Å²) >= 11 is 0. The van der Waals surface area contributed by atoms with E-state index in [1.165, 1.54) is 6.07 Å². The van der Waals surface area contributed by atoms with Crippen molar-refractivity contribution in [3.8, 4) is 17.0 Å². The van der Waals surface area contributed by atoms with Crippen molar-refractivity contribution in [2.45, 2.75) is 0 Å². The fourth-order valence-electron chi connectivity index (χ4n) is 2.73. The van der Waals surface area contributed by atoms with Gasteiger partial charge < -0.3 is 10.5 Å². The molecule has 0 spiro atoms. The first-order chi connectivity index (χ1) is 12.1. The van der Waals surface area contributed by atoms with Crippen molar-refractivity contribution >= 4 is 17.8 Å². The minimum Gasteiger partial charge on any atom is -0.452 e. The van der Waals surface area contributed by atoms with Crippen molar-refractivity contribution < 1.29 is 14.3 Å². The number of ether oxygens (including phenoxy) is 1. The molecule has 0 saturated heterocycles. The summed E-state index contributed by atoms with van der Waals surface area (Å²) in [6, 6.07) is 14.2. The highest BCUT2D eigenvalue weighted by Gasteiger charge is 2.30. The van der Waals surface area contributed by atoms with E-state index in [2.05, 4.69) is 10.2 Å². The van der Waals surface area contributed by atoms with Crippen molar-refractivity contribution in [2.24, 2.45) is 5.73 Å². The van der Waals surface area contributed by atoms with Crippen molar-refractivity contribution in [1.82, 2.24) is 10.2 Å². The van der Waals surface area contributed by atoms with Gasteiger partial charge in [-0.25, -0.2) is 0 Å². The van der Waals surface area contributed by atoms with Gasteiger partial charge in [-0.1, -0.05) is 30.3 Å². The van der Waals surface area contributed by atoms with Gasteiger partial charge in [0.05, 0.1) is 16.8 Å². The molecule has 0 atom stereocenters. The average molecular weight is 331 g/mol. The molecular formula is C19H13N3O3. The maximum Gasteiger partial charge on any atom is 0.252 e. The Morgan fingerprint density at radius 2 is 1.92 bits per heavy atom. The number of aromatic amines is 1. The summed E-state index contributed by atoms with van der Waals surface area (Å²) in [7, 11) is 0. The second-order valence-electron chi connectivity index (χ2n) is 5.58. The highest BCUT2D eigenvalue weighted by molar-refractivity contribution is 6.16. The van der Waals surface area contributed by atoms with E-state index in [1.807, 2.05) is 30.3 Å². The number of amides is 1. The number of ketones is 1. The molecule has 0 bridgehead atoms. The Morgan fingerprint density at radius 1 is 1.12 bits per heavy atom. The molecule has 1 amide bonds. The number of allylic oxidation sites excluding steroid dienone is 1. The van der Waals surface area contributed by atoms with Gasteiger partial charge in [-0.15, -0.1) is 0 Å². The molecule has 0 saturated carbocycles. The molecule has 0 fully saturated rings. The minimum atomic E-state index is -0.630. The molecule has 0 radical (unpaired) electrons. The fraction of sp³-hybridized carbons (Fsp3) is 0. The zero-order valence-corrected chi connectivity index (χ0v) is 13.0. The van der Waals surface area contributed by atoms with Crippen LogP contribution < -0.4 is 10.5 Å². The number of fused-ring (bicyclic) bond motifs is 1. The van der Waals surface area contributed by atoms with Gasteiger partial charge in [0.15, 0.2) is 11.5 Å². The molecule has 1 aliphatic rings. The van der Waals surface area contributed by atoms with Gasteiger partial charge in [0.25, 0.3) is 5.91 Å². The molecule has 0 aliphatic carbocycles. The standard InChI is InChI=1S/C19H13N3O3/c20-19(24)14-3-1-2-13-17(23)16(25-18(13)14)10-11-4-6-12(7-5-11)15-8-9-21-22-15/h1-10H,(H2,20,24)(H,21,22)/b16-10-. The Hall–Kier alpha value is -3.67. The third-order valence-corrected chi connectivity index (χ3v) is 3.98. The van der Waals surface area contributed by atoms with E-state index in [4.69, 9.17) is 10.5 Å². The number of H-pyrrole nitrogens is 1. The van der Waals surface area contributed by atoms with Gasteiger partial charge in [0.1, 0.15) is 0 Å². The number of primary amides is 1. The number of nitrogens with one attached hydrogen (secondary N) is 1. The molecule has 25 heavy (non-hydrogen) atoms. The second kappa shape index (κ2) is 5.76. The number of Topliss-reactive ketones (excluding diaryl/α,β-unsaturated/α-hetero) is 1. The first-order valence-electron chi connectivity index (χ1n) is 7.60. The predicted octanol–water partition coefficient (Wildman–Crippen LogP) is 2.79. The summed E-state index contributed by atoms with van der Waals surface area (Å²) in [5.74, 6) is -0.510. The van der Waals surface area contributed by atoms with Gasteiger partial charge in [0.2, 0.25) is 5.78 Å². The van der Waals surface area contributed by atoms with Crippen LogP contribution in [0.5, 0.6) is 5.75 Å². The number of aromatic nitrogens is 2. The third-order valence-electron chi connectivity index (χ3n) is 3.98. The zero-order valence-electron chi connectivity index (χ0n) is 13.0. The topological polar surface area (TPSA) is 98.1 Å². The summed E-state index contributed by atoms with van der Waals surface area (Å²) in [4.78, 5) is 24.0. The van der Waals surface area contributed by atoms with E-state index in [1.54, 1.807) is 24.4 Å². The molecule has 2 aromatic carbocycles. The number of nitrogens with zero attached hydrogens (tertiary/aromatic N) is 1. The van der Waals surface area contributed by atoms with Gasteiger partial charge in [-0.2, -0.15) is 5.10 Å². The lowest BCUT2D eigenvalue weighted by Gasteiger charge is -2.03. The summed E-state index contributed by atoms with van der Waals surface area (Å²) in [5.41, 5.74) is 8.58. The molecule has 1 aliphatic heterocycles. The summed E-state index contributed by atoms with van der Waals surface area (Å²) < 4.78 is 5.61. The predicted molar refractivity (Wildman–Crippen MR) is 91.9 cm³/mol. The van der Waals surface area contributed by atoms with Crippen LogP contribution in [0.4, 0.5) is 0 Å². The zero-order chi connectivity index (χ0) is 17.4. The average Bonchev–Trinajstić information content (AvgIpc) is 3.25. The van der Waals surface area contributed by atoms with Crippen molar-refractivity contribution in [3.05, 3.63) is 77.2 Å². The lowest BCUT2D eigenvalue weighted by molar-refractivity contribution is 0.0991. The summed E-state index contributed by atoms with van der Waals surface area (Å²) in [6.45, 7) is 0. The van der Waals surface area contributed by atoms with Crippen molar-refractivity contribution in [1.29, 1.82) is 0 Å². The largest absolute Gasteiger partial charge is 0.452 e. The number of carbonyl (C=O) groups excluding carboxylic acids is 2. The maximum atomic E-state index is 12.5. The second-order valence-corrected chi connectivity index (χ2v) is 5.58. The van der Waals surface area contributed by atoms with Gasteiger partial charge >= 0.3 is 0 Å².